The molecular formula is C13H30N2O. The second-order valence-electron chi connectivity index (χ2n) is 5.65. The number of nitrogens with one attached hydrogen (secondary N) is 1. The number of hydrogen-bond acceptors (Lipinski definition) is 3. The van der Waals surface area contributed by atoms with E-state index in [-0.39, 0.29) is 0 Å². The summed E-state index contributed by atoms with van der Waals surface area (Å²) in [5.74, 6) is 0. The highest BCUT2D eigenvalue weighted by Gasteiger charge is 2.22. The fraction of sp³-hybridized carbons (Fsp3) is 1.00. The molecule has 0 aliphatic rings. The quantitative estimate of drug-likeness (QED) is 0.645. The molecule has 98 valence electrons. The Hall–Kier alpha value is -0.120. The van der Waals surface area contributed by atoms with Gasteiger partial charge < -0.3 is 15.0 Å². The summed E-state index contributed by atoms with van der Waals surface area (Å²) in [6, 6.07) is 0.581. The van der Waals surface area contributed by atoms with Gasteiger partial charge in [0.2, 0.25) is 0 Å². The molecule has 0 saturated heterocycles. The Morgan fingerprint density at radius 1 is 1.25 bits per heavy atom. The maximum Gasteiger partial charge on any atom is 0.0474 e. The SMILES string of the molecule is CNC(CCN(C)CCCOC)C(C)(C)C. The Morgan fingerprint density at radius 2 is 1.88 bits per heavy atom. The van der Waals surface area contributed by atoms with Crippen molar-refractivity contribution in [2.75, 3.05) is 40.9 Å². The molecule has 0 spiro atoms. The molecule has 0 heterocycles. The van der Waals surface area contributed by atoms with Crippen LogP contribution in [-0.2, 0) is 4.74 Å². The summed E-state index contributed by atoms with van der Waals surface area (Å²) >= 11 is 0. The smallest absolute Gasteiger partial charge is 0.0474 e. The molecule has 1 N–H and O–H groups in total. The van der Waals surface area contributed by atoms with Crippen LogP contribution in [-0.4, -0.2) is 51.8 Å². The van der Waals surface area contributed by atoms with Gasteiger partial charge in [0.05, 0.1) is 0 Å². The molecule has 0 aliphatic heterocycles. The molecule has 16 heavy (non-hydrogen) atoms. The summed E-state index contributed by atoms with van der Waals surface area (Å²) in [5, 5.41) is 3.41. The molecule has 0 aromatic rings. The summed E-state index contributed by atoms with van der Waals surface area (Å²) in [5.41, 5.74) is 0.335. The molecule has 0 amide bonds. The molecule has 0 fully saturated rings. The average Bonchev–Trinajstić information content (AvgIpc) is 2.17. The predicted octanol–water partition coefficient (Wildman–Crippen LogP) is 1.98. The highest BCUT2D eigenvalue weighted by molar-refractivity contribution is 4.79. The van der Waals surface area contributed by atoms with E-state index in [2.05, 4.69) is 45.1 Å². The normalized spacial score (nSPS) is 14.4. The van der Waals surface area contributed by atoms with Gasteiger partial charge in [0.1, 0.15) is 0 Å². The third-order valence-electron chi connectivity index (χ3n) is 3.08. The summed E-state index contributed by atoms with van der Waals surface area (Å²) in [7, 11) is 6.00. The highest BCUT2D eigenvalue weighted by atomic mass is 16.5. The minimum atomic E-state index is 0.335. The van der Waals surface area contributed by atoms with E-state index in [4.69, 9.17) is 4.74 Å². The summed E-state index contributed by atoms with van der Waals surface area (Å²) in [6.45, 7) is 10.00. The summed E-state index contributed by atoms with van der Waals surface area (Å²) in [4.78, 5) is 2.38. The molecule has 0 rings (SSSR count). The minimum Gasteiger partial charge on any atom is -0.385 e. The Bertz CT molecular complexity index is 166. The molecule has 0 aromatic carbocycles. The van der Waals surface area contributed by atoms with E-state index in [0.29, 0.717) is 11.5 Å². The van der Waals surface area contributed by atoms with Crippen molar-refractivity contribution >= 4 is 0 Å². The molecule has 0 bridgehead atoms. The molecule has 1 atom stereocenters. The van der Waals surface area contributed by atoms with Gasteiger partial charge in [0.15, 0.2) is 0 Å². The third-order valence-corrected chi connectivity index (χ3v) is 3.08. The lowest BCUT2D eigenvalue weighted by Gasteiger charge is -2.31. The second-order valence-corrected chi connectivity index (χ2v) is 5.65. The number of ether oxygens (including phenoxy) is 1. The van der Waals surface area contributed by atoms with Gasteiger partial charge in [-0.05, 0) is 38.9 Å². The van der Waals surface area contributed by atoms with Gasteiger partial charge in [-0.15, -0.1) is 0 Å². The van der Waals surface area contributed by atoms with E-state index in [1.54, 1.807) is 7.11 Å². The minimum absolute atomic E-state index is 0.335. The maximum atomic E-state index is 5.05. The maximum absolute atomic E-state index is 5.05. The first-order valence-corrected chi connectivity index (χ1v) is 6.26. The summed E-state index contributed by atoms with van der Waals surface area (Å²) in [6.07, 6.45) is 2.32. The molecule has 0 aromatic heterocycles. The van der Waals surface area contributed by atoms with Crippen LogP contribution >= 0.6 is 0 Å². The van der Waals surface area contributed by atoms with Crippen molar-refractivity contribution in [2.45, 2.75) is 39.7 Å². The average molecular weight is 230 g/mol. The Morgan fingerprint density at radius 3 is 2.31 bits per heavy atom. The van der Waals surface area contributed by atoms with Crippen molar-refractivity contribution in [3.63, 3.8) is 0 Å². The predicted molar refractivity (Wildman–Crippen MR) is 70.9 cm³/mol. The summed E-state index contributed by atoms with van der Waals surface area (Å²) < 4.78 is 5.05. The molecular weight excluding hydrogens is 200 g/mol. The van der Waals surface area contributed by atoms with Crippen LogP contribution in [0.25, 0.3) is 0 Å². The monoisotopic (exact) mass is 230 g/mol. The van der Waals surface area contributed by atoms with Crippen LogP contribution < -0.4 is 5.32 Å². The number of rotatable bonds is 8. The van der Waals surface area contributed by atoms with E-state index in [1.165, 1.54) is 6.42 Å². The van der Waals surface area contributed by atoms with Crippen LogP contribution in [0.15, 0.2) is 0 Å². The first kappa shape index (κ1) is 15.9. The molecule has 0 radical (unpaired) electrons. The standard InChI is InChI=1S/C13H30N2O/c1-13(2,3)12(14-4)8-10-15(5)9-7-11-16-6/h12,14H,7-11H2,1-6H3. The van der Waals surface area contributed by atoms with Crippen LogP contribution in [0.2, 0.25) is 0 Å². The van der Waals surface area contributed by atoms with Gasteiger partial charge in [-0.25, -0.2) is 0 Å². The van der Waals surface area contributed by atoms with E-state index in [1.807, 2.05) is 0 Å². The number of methoxy groups -OCH3 is 1. The molecule has 0 aliphatic carbocycles. The van der Waals surface area contributed by atoms with Gasteiger partial charge in [-0.1, -0.05) is 20.8 Å². The second kappa shape index (κ2) is 8.04. The van der Waals surface area contributed by atoms with Crippen molar-refractivity contribution < 1.29 is 4.74 Å². The van der Waals surface area contributed by atoms with E-state index in [0.717, 1.165) is 26.1 Å². The zero-order chi connectivity index (χ0) is 12.6. The molecule has 0 saturated carbocycles. The number of hydrogen-bond donors (Lipinski definition) is 1. The van der Waals surface area contributed by atoms with Crippen LogP contribution in [0.5, 0.6) is 0 Å². The zero-order valence-electron chi connectivity index (χ0n) is 12.0. The van der Waals surface area contributed by atoms with Crippen LogP contribution in [0.1, 0.15) is 33.6 Å². The van der Waals surface area contributed by atoms with Gasteiger partial charge in [-0.2, -0.15) is 0 Å². The van der Waals surface area contributed by atoms with Crippen molar-refractivity contribution in [1.82, 2.24) is 10.2 Å². The molecule has 3 nitrogen and oxygen atoms in total. The Labute approximate surface area is 102 Å². The highest BCUT2D eigenvalue weighted by Crippen LogP contribution is 2.21. The lowest BCUT2D eigenvalue weighted by atomic mass is 9.85. The lowest BCUT2D eigenvalue weighted by Crippen LogP contribution is -2.40. The van der Waals surface area contributed by atoms with E-state index in [9.17, 15) is 0 Å². The van der Waals surface area contributed by atoms with Gasteiger partial charge in [0.25, 0.3) is 0 Å². The molecule has 3 heteroatoms. The fourth-order valence-corrected chi connectivity index (χ4v) is 1.95. The van der Waals surface area contributed by atoms with Crippen LogP contribution in [0, 0.1) is 5.41 Å². The Kier molecular flexibility index (Phi) is 7.98. The van der Waals surface area contributed by atoms with Crippen molar-refractivity contribution in [2.24, 2.45) is 5.41 Å². The van der Waals surface area contributed by atoms with Crippen molar-refractivity contribution in [3.05, 3.63) is 0 Å². The first-order valence-electron chi connectivity index (χ1n) is 6.26. The van der Waals surface area contributed by atoms with Gasteiger partial charge >= 0.3 is 0 Å². The lowest BCUT2D eigenvalue weighted by molar-refractivity contribution is 0.173. The van der Waals surface area contributed by atoms with Crippen molar-refractivity contribution in [3.8, 4) is 0 Å². The third kappa shape index (κ3) is 7.20. The van der Waals surface area contributed by atoms with Gasteiger partial charge in [-0.3, -0.25) is 0 Å². The largest absolute Gasteiger partial charge is 0.385 e. The van der Waals surface area contributed by atoms with Crippen molar-refractivity contribution in [1.29, 1.82) is 0 Å². The van der Waals surface area contributed by atoms with Gasteiger partial charge in [0, 0.05) is 26.3 Å². The van der Waals surface area contributed by atoms with E-state index >= 15 is 0 Å². The van der Waals surface area contributed by atoms with Crippen LogP contribution in [0.3, 0.4) is 0 Å². The number of nitrogens with zero attached hydrogens (tertiary/aromatic N) is 1. The zero-order valence-corrected chi connectivity index (χ0v) is 12.0. The topological polar surface area (TPSA) is 24.5 Å². The first-order chi connectivity index (χ1) is 7.41. The molecule has 1 unspecified atom stereocenters. The van der Waals surface area contributed by atoms with E-state index < -0.39 is 0 Å². The van der Waals surface area contributed by atoms with Crippen LogP contribution in [0.4, 0.5) is 0 Å². The Balaban J connectivity index is 3.75. The fourth-order valence-electron chi connectivity index (χ4n) is 1.95.